The molecule has 0 bridgehead atoms. The largest absolute Gasteiger partial charge is 0.496 e. The third-order valence-corrected chi connectivity index (χ3v) is 8.35. The summed E-state index contributed by atoms with van der Waals surface area (Å²) in [5, 5.41) is 0.920. The molecule has 0 aliphatic heterocycles. The Hall–Kier alpha value is -0.513. The molecule has 0 aliphatic rings. The molecule has 1 aromatic carbocycles. The van der Waals surface area contributed by atoms with Crippen molar-refractivity contribution in [2.75, 3.05) is 7.11 Å². The molecule has 18 heavy (non-hydrogen) atoms. The highest BCUT2D eigenvalue weighted by Crippen LogP contribution is 2.37. The molecule has 0 atom stereocenters. The summed E-state index contributed by atoms with van der Waals surface area (Å²) in [4.78, 5) is 0. The molecule has 2 nitrogen and oxygen atoms in total. The van der Waals surface area contributed by atoms with E-state index in [0.29, 0.717) is 11.6 Å². The number of hydrogen-bond donors (Lipinski definition) is 0. The second kappa shape index (κ2) is 5.64. The van der Waals surface area contributed by atoms with E-state index in [1.54, 1.807) is 7.11 Å². The molecule has 0 aromatic heterocycles. The molecule has 0 N–H and O–H groups in total. The molecular formula is C14H23ClO2Si. The molecule has 1 rings (SSSR count). The van der Waals surface area contributed by atoms with Gasteiger partial charge in [0.25, 0.3) is 0 Å². The zero-order valence-corrected chi connectivity index (χ0v) is 13.9. The van der Waals surface area contributed by atoms with Gasteiger partial charge in [-0.3, -0.25) is 0 Å². The van der Waals surface area contributed by atoms with Crippen LogP contribution in [0, 0.1) is 0 Å². The normalized spacial score (nSPS) is 12.6. The predicted octanol–water partition coefficient (Wildman–Crippen LogP) is 4.87. The van der Waals surface area contributed by atoms with Crippen LogP contribution in [0.25, 0.3) is 0 Å². The van der Waals surface area contributed by atoms with Crippen molar-refractivity contribution in [3.05, 3.63) is 28.8 Å². The lowest BCUT2D eigenvalue weighted by atomic mass is 10.2. The van der Waals surface area contributed by atoms with E-state index in [4.69, 9.17) is 20.8 Å². The molecule has 1 aromatic rings. The van der Waals surface area contributed by atoms with Crippen LogP contribution in [0.15, 0.2) is 18.2 Å². The van der Waals surface area contributed by atoms with Crippen LogP contribution in [0.4, 0.5) is 0 Å². The molecule has 0 heterocycles. The van der Waals surface area contributed by atoms with Crippen LogP contribution in [-0.4, -0.2) is 15.4 Å². The fourth-order valence-corrected chi connectivity index (χ4v) is 2.48. The molecule has 0 fully saturated rings. The predicted molar refractivity (Wildman–Crippen MR) is 80.0 cm³/mol. The van der Waals surface area contributed by atoms with Crippen LogP contribution in [-0.2, 0) is 11.0 Å². The standard InChI is InChI=1S/C14H23ClO2Si/c1-14(2,3)18(5,6)17-10-11-9-12(15)7-8-13(11)16-4/h7-9H,10H2,1-6H3. The summed E-state index contributed by atoms with van der Waals surface area (Å²) >= 11 is 6.01. The first-order valence-corrected chi connectivity index (χ1v) is 9.42. The molecule has 0 amide bonds. The van der Waals surface area contributed by atoms with Gasteiger partial charge in [-0.15, -0.1) is 0 Å². The van der Waals surface area contributed by atoms with Crippen LogP contribution in [0.2, 0.25) is 23.2 Å². The van der Waals surface area contributed by atoms with E-state index in [1.165, 1.54) is 0 Å². The van der Waals surface area contributed by atoms with Crippen LogP contribution in [0.3, 0.4) is 0 Å². The molecule has 4 heteroatoms. The van der Waals surface area contributed by atoms with E-state index < -0.39 is 8.32 Å². The van der Waals surface area contributed by atoms with Gasteiger partial charge >= 0.3 is 0 Å². The summed E-state index contributed by atoms with van der Waals surface area (Å²) in [5.41, 5.74) is 1.01. The summed E-state index contributed by atoms with van der Waals surface area (Å²) in [7, 11) is -0.0737. The summed E-state index contributed by atoms with van der Waals surface area (Å²) in [6.07, 6.45) is 0. The number of rotatable bonds is 4. The van der Waals surface area contributed by atoms with E-state index >= 15 is 0 Å². The summed E-state index contributed by atoms with van der Waals surface area (Å²) < 4.78 is 11.5. The number of halogens is 1. The maximum atomic E-state index is 6.18. The van der Waals surface area contributed by atoms with Gasteiger partial charge < -0.3 is 9.16 Å². The summed E-state index contributed by atoms with van der Waals surface area (Å²) in [6.45, 7) is 11.7. The topological polar surface area (TPSA) is 18.5 Å². The molecule has 0 saturated carbocycles. The smallest absolute Gasteiger partial charge is 0.192 e. The average Bonchev–Trinajstić information content (AvgIpc) is 2.25. The fourth-order valence-electron chi connectivity index (χ4n) is 1.33. The van der Waals surface area contributed by atoms with Crippen molar-refractivity contribution in [1.29, 1.82) is 0 Å². The quantitative estimate of drug-likeness (QED) is 0.735. The third-order valence-electron chi connectivity index (χ3n) is 3.64. The Morgan fingerprint density at radius 3 is 2.33 bits per heavy atom. The zero-order valence-electron chi connectivity index (χ0n) is 12.1. The monoisotopic (exact) mass is 286 g/mol. The van der Waals surface area contributed by atoms with Gasteiger partial charge in [0, 0.05) is 10.6 Å². The Kier molecular flexibility index (Phi) is 4.87. The first-order chi connectivity index (χ1) is 8.17. The van der Waals surface area contributed by atoms with Crippen molar-refractivity contribution < 1.29 is 9.16 Å². The maximum absolute atomic E-state index is 6.18. The maximum Gasteiger partial charge on any atom is 0.192 e. The van der Waals surface area contributed by atoms with Gasteiger partial charge in [-0.2, -0.15) is 0 Å². The van der Waals surface area contributed by atoms with Gasteiger partial charge in [0.1, 0.15) is 5.75 Å². The van der Waals surface area contributed by atoms with E-state index in [-0.39, 0.29) is 5.04 Å². The second-order valence-corrected chi connectivity index (χ2v) is 11.3. The number of ether oxygens (including phenoxy) is 1. The third kappa shape index (κ3) is 3.74. The number of methoxy groups -OCH3 is 1. The lowest BCUT2D eigenvalue weighted by Gasteiger charge is -2.36. The Morgan fingerprint density at radius 2 is 1.83 bits per heavy atom. The zero-order chi connectivity index (χ0) is 14.0. The van der Waals surface area contributed by atoms with Crippen LogP contribution >= 0.6 is 11.6 Å². The van der Waals surface area contributed by atoms with Crippen molar-refractivity contribution >= 4 is 19.9 Å². The SMILES string of the molecule is COc1ccc(Cl)cc1CO[Si](C)(C)C(C)(C)C. The first kappa shape index (κ1) is 15.5. The van der Waals surface area contributed by atoms with Crippen molar-refractivity contribution in [1.82, 2.24) is 0 Å². The van der Waals surface area contributed by atoms with E-state index in [1.807, 2.05) is 18.2 Å². The minimum atomic E-state index is -1.74. The van der Waals surface area contributed by atoms with Gasteiger partial charge in [0.15, 0.2) is 8.32 Å². The first-order valence-electron chi connectivity index (χ1n) is 6.14. The highest BCUT2D eigenvalue weighted by atomic mass is 35.5. The van der Waals surface area contributed by atoms with Crippen molar-refractivity contribution in [3.63, 3.8) is 0 Å². The Balaban J connectivity index is 2.83. The highest BCUT2D eigenvalue weighted by Gasteiger charge is 2.37. The Bertz CT molecular complexity index is 411. The summed E-state index contributed by atoms with van der Waals surface area (Å²) in [5.74, 6) is 0.832. The highest BCUT2D eigenvalue weighted by molar-refractivity contribution is 6.74. The van der Waals surface area contributed by atoms with Crippen LogP contribution < -0.4 is 4.74 Å². The van der Waals surface area contributed by atoms with Crippen LogP contribution in [0.1, 0.15) is 26.3 Å². The van der Waals surface area contributed by atoms with Crippen molar-refractivity contribution in [2.45, 2.75) is 45.5 Å². The number of benzene rings is 1. The number of hydrogen-bond acceptors (Lipinski definition) is 2. The van der Waals surface area contributed by atoms with Gasteiger partial charge in [0.2, 0.25) is 0 Å². The fraction of sp³-hybridized carbons (Fsp3) is 0.571. The Morgan fingerprint density at radius 1 is 1.22 bits per heavy atom. The molecular weight excluding hydrogens is 264 g/mol. The van der Waals surface area contributed by atoms with Crippen molar-refractivity contribution in [2.24, 2.45) is 0 Å². The minimum Gasteiger partial charge on any atom is -0.496 e. The molecule has 0 radical (unpaired) electrons. The molecule has 0 saturated heterocycles. The van der Waals surface area contributed by atoms with Crippen LogP contribution in [0.5, 0.6) is 5.75 Å². The molecule has 0 spiro atoms. The lowest BCUT2D eigenvalue weighted by Crippen LogP contribution is -2.40. The molecule has 102 valence electrons. The van der Waals surface area contributed by atoms with Gasteiger partial charge in [-0.1, -0.05) is 32.4 Å². The van der Waals surface area contributed by atoms with Gasteiger partial charge in [-0.05, 0) is 36.3 Å². The van der Waals surface area contributed by atoms with E-state index in [0.717, 1.165) is 11.3 Å². The van der Waals surface area contributed by atoms with E-state index in [9.17, 15) is 0 Å². The average molecular weight is 287 g/mol. The molecule has 0 aliphatic carbocycles. The Labute approximate surface area is 116 Å². The van der Waals surface area contributed by atoms with Gasteiger partial charge in [-0.25, -0.2) is 0 Å². The van der Waals surface area contributed by atoms with E-state index in [2.05, 4.69) is 33.9 Å². The lowest BCUT2D eigenvalue weighted by molar-refractivity contribution is 0.269. The van der Waals surface area contributed by atoms with Crippen molar-refractivity contribution in [3.8, 4) is 5.75 Å². The van der Waals surface area contributed by atoms with Gasteiger partial charge in [0.05, 0.1) is 13.7 Å². The minimum absolute atomic E-state index is 0.207. The molecule has 0 unspecified atom stereocenters. The second-order valence-electron chi connectivity index (χ2n) is 6.01. The summed E-state index contributed by atoms with van der Waals surface area (Å²) in [6, 6.07) is 5.62.